The molecule has 0 aromatic carbocycles. The van der Waals surface area contributed by atoms with Crippen LogP contribution in [-0.2, 0) is 24.0 Å². The highest BCUT2D eigenvalue weighted by Gasteiger charge is 2.34. The Labute approximate surface area is 242 Å². The third-order valence-electron chi connectivity index (χ3n) is 6.63. The minimum absolute atomic E-state index is 0.0458. The SMILES string of the molecule is Cc1nc(C2=CC=C(C(F)(F)F)CC2)sc1C(=O)N[C@H](C=O)CCC(=O)N1CCC[C@@H](C(=O)N[C@H](C=O)CC(=O)O)N1. The van der Waals surface area contributed by atoms with E-state index >= 15 is 0 Å². The number of nitrogens with zero attached hydrogens (tertiary/aromatic N) is 2. The van der Waals surface area contributed by atoms with E-state index in [1.165, 1.54) is 11.1 Å². The van der Waals surface area contributed by atoms with Gasteiger partial charge in [0.1, 0.15) is 28.5 Å². The normalized spacial score (nSPS) is 18.7. The molecule has 42 heavy (non-hydrogen) atoms. The molecular weight excluding hydrogens is 583 g/mol. The summed E-state index contributed by atoms with van der Waals surface area (Å²) in [6.07, 6.45) is -1.33. The van der Waals surface area contributed by atoms with E-state index in [0.29, 0.717) is 41.7 Å². The summed E-state index contributed by atoms with van der Waals surface area (Å²) in [5.41, 5.74) is 3.03. The van der Waals surface area contributed by atoms with E-state index < -0.39 is 60.0 Å². The van der Waals surface area contributed by atoms with Gasteiger partial charge in [0.25, 0.3) is 5.91 Å². The number of amides is 3. The first-order chi connectivity index (χ1) is 19.8. The first-order valence-electron chi connectivity index (χ1n) is 13.1. The molecule has 16 heteroatoms. The van der Waals surface area contributed by atoms with Crippen LogP contribution in [0.25, 0.3) is 5.57 Å². The number of aryl methyl sites for hydroxylation is 1. The van der Waals surface area contributed by atoms with Gasteiger partial charge < -0.3 is 25.3 Å². The molecule has 1 aliphatic heterocycles. The zero-order valence-electron chi connectivity index (χ0n) is 22.5. The topological polar surface area (TPSA) is 175 Å². The van der Waals surface area contributed by atoms with Gasteiger partial charge in [-0.25, -0.2) is 10.4 Å². The summed E-state index contributed by atoms with van der Waals surface area (Å²) in [5, 5.41) is 15.3. The molecule has 2 heterocycles. The molecule has 12 nitrogen and oxygen atoms in total. The van der Waals surface area contributed by atoms with Crippen molar-refractivity contribution in [3.63, 3.8) is 0 Å². The number of hydrazine groups is 1. The summed E-state index contributed by atoms with van der Waals surface area (Å²) in [7, 11) is 0. The van der Waals surface area contributed by atoms with Crippen LogP contribution in [0, 0.1) is 6.92 Å². The number of nitrogens with one attached hydrogen (secondary N) is 3. The summed E-state index contributed by atoms with van der Waals surface area (Å²) < 4.78 is 38.7. The number of carboxylic acids is 1. The zero-order valence-corrected chi connectivity index (χ0v) is 23.3. The lowest BCUT2D eigenvalue weighted by Gasteiger charge is -2.33. The van der Waals surface area contributed by atoms with E-state index in [9.17, 15) is 41.9 Å². The maximum absolute atomic E-state index is 12.9. The molecule has 1 fully saturated rings. The Morgan fingerprint density at radius 1 is 1.17 bits per heavy atom. The number of rotatable bonds is 12. The number of allylic oxidation sites excluding steroid dienone is 4. The lowest BCUT2D eigenvalue weighted by molar-refractivity contribution is -0.140. The number of thiazole rings is 1. The van der Waals surface area contributed by atoms with Crippen LogP contribution in [0.5, 0.6) is 0 Å². The Morgan fingerprint density at radius 2 is 1.88 bits per heavy atom. The van der Waals surface area contributed by atoms with Crippen molar-refractivity contribution in [3.8, 4) is 0 Å². The number of carbonyl (C=O) groups excluding carboxylic acids is 5. The smallest absolute Gasteiger partial charge is 0.412 e. The Balaban J connectivity index is 1.54. The van der Waals surface area contributed by atoms with Crippen molar-refractivity contribution >= 4 is 53.2 Å². The monoisotopic (exact) mass is 613 g/mol. The standard InChI is InChI=1S/C26H30F3N5O7S/c1-14-22(42-25(30-14)15-4-6-16(7-5-15)26(27,28)29)24(41)31-17(12-35)8-9-20(37)34-10-2-3-19(33-34)23(40)32-18(13-36)11-21(38)39/h4,6,12-13,17-19,33H,2-3,5,7-11H2,1H3,(H,31,41)(H,32,40)(H,38,39)/t17-,18-,19-/m0/s1. The van der Waals surface area contributed by atoms with Gasteiger partial charge >= 0.3 is 12.1 Å². The summed E-state index contributed by atoms with van der Waals surface area (Å²) in [6.45, 7) is 1.84. The van der Waals surface area contributed by atoms with Crippen molar-refractivity contribution < 1.29 is 47.0 Å². The minimum Gasteiger partial charge on any atom is -0.481 e. The number of hydrogen-bond acceptors (Lipinski definition) is 9. The van der Waals surface area contributed by atoms with E-state index in [-0.39, 0.29) is 37.1 Å². The van der Waals surface area contributed by atoms with Crippen molar-refractivity contribution in [1.82, 2.24) is 26.1 Å². The van der Waals surface area contributed by atoms with Gasteiger partial charge in [-0.05, 0) is 44.6 Å². The molecule has 228 valence electrons. The van der Waals surface area contributed by atoms with Crippen molar-refractivity contribution in [2.45, 2.75) is 76.2 Å². The third kappa shape index (κ3) is 8.79. The predicted octanol–water partition coefficient (Wildman–Crippen LogP) is 1.85. The largest absolute Gasteiger partial charge is 0.481 e. The van der Waals surface area contributed by atoms with Crippen LogP contribution in [0.15, 0.2) is 17.7 Å². The minimum atomic E-state index is -4.40. The molecule has 1 aliphatic carbocycles. The quantitative estimate of drug-likeness (QED) is 0.257. The highest BCUT2D eigenvalue weighted by molar-refractivity contribution is 7.14. The molecule has 1 aromatic heterocycles. The summed E-state index contributed by atoms with van der Waals surface area (Å²) in [4.78, 5) is 76.1. The maximum Gasteiger partial charge on any atom is 0.412 e. The number of aldehydes is 2. The van der Waals surface area contributed by atoms with Crippen LogP contribution in [-0.4, -0.2) is 82.2 Å². The number of hydrogen-bond donors (Lipinski definition) is 4. The second-order valence-electron chi connectivity index (χ2n) is 9.79. The Kier molecular flexibility index (Phi) is 11.1. The highest BCUT2D eigenvalue weighted by Crippen LogP contribution is 2.37. The average molecular weight is 614 g/mol. The molecule has 0 saturated carbocycles. The first kappa shape index (κ1) is 32.6. The van der Waals surface area contributed by atoms with E-state index in [4.69, 9.17) is 5.11 Å². The van der Waals surface area contributed by atoms with Gasteiger partial charge in [0.05, 0.1) is 24.2 Å². The fourth-order valence-corrected chi connectivity index (χ4v) is 5.40. The van der Waals surface area contributed by atoms with Crippen LogP contribution in [0.3, 0.4) is 0 Å². The first-order valence-corrected chi connectivity index (χ1v) is 13.9. The predicted molar refractivity (Wildman–Crippen MR) is 143 cm³/mol. The molecule has 0 spiro atoms. The fraction of sp³-hybridized carbons (Fsp3) is 0.500. The van der Waals surface area contributed by atoms with Crippen molar-refractivity contribution in [1.29, 1.82) is 0 Å². The number of aliphatic carboxylic acids is 1. The van der Waals surface area contributed by atoms with Gasteiger partial charge in [-0.1, -0.05) is 12.2 Å². The molecule has 2 aliphatic rings. The molecule has 0 bridgehead atoms. The van der Waals surface area contributed by atoms with Crippen molar-refractivity contribution in [3.05, 3.63) is 33.3 Å². The number of alkyl halides is 3. The second kappa shape index (κ2) is 14.3. The van der Waals surface area contributed by atoms with E-state index in [2.05, 4.69) is 21.0 Å². The van der Waals surface area contributed by atoms with E-state index in [1.54, 1.807) is 6.92 Å². The van der Waals surface area contributed by atoms with Gasteiger partial charge in [0.2, 0.25) is 11.8 Å². The molecule has 0 radical (unpaired) electrons. The summed E-state index contributed by atoms with van der Waals surface area (Å²) in [5.74, 6) is -2.95. The molecule has 0 unspecified atom stereocenters. The van der Waals surface area contributed by atoms with Gasteiger partial charge in [0, 0.05) is 18.5 Å². The molecule has 3 atom stereocenters. The second-order valence-corrected chi connectivity index (χ2v) is 10.8. The van der Waals surface area contributed by atoms with Crippen LogP contribution in [0.1, 0.15) is 65.3 Å². The van der Waals surface area contributed by atoms with Crippen LogP contribution >= 0.6 is 11.3 Å². The number of carbonyl (C=O) groups is 6. The molecule has 4 N–H and O–H groups in total. The lowest BCUT2D eigenvalue weighted by atomic mass is 9.98. The maximum atomic E-state index is 12.9. The molecule has 3 rings (SSSR count). The molecule has 1 saturated heterocycles. The van der Waals surface area contributed by atoms with Gasteiger partial charge in [-0.15, -0.1) is 11.3 Å². The molecule has 1 aromatic rings. The molecular formula is C26H30F3N5O7S. The van der Waals surface area contributed by atoms with Crippen molar-refractivity contribution in [2.24, 2.45) is 0 Å². The van der Waals surface area contributed by atoms with E-state index in [0.717, 1.165) is 17.4 Å². The van der Waals surface area contributed by atoms with Crippen LogP contribution in [0.4, 0.5) is 13.2 Å². The number of carboxylic acid groups (broad SMARTS) is 1. The van der Waals surface area contributed by atoms with Crippen molar-refractivity contribution in [2.75, 3.05) is 6.54 Å². The lowest BCUT2D eigenvalue weighted by Crippen LogP contribution is -2.58. The van der Waals surface area contributed by atoms with E-state index in [1.807, 2.05) is 0 Å². The highest BCUT2D eigenvalue weighted by atomic mass is 32.1. The summed E-state index contributed by atoms with van der Waals surface area (Å²) in [6, 6.07) is -3.11. The van der Waals surface area contributed by atoms with Gasteiger partial charge in [-0.2, -0.15) is 13.2 Å². The van der Waals surface area contributed by atoms with Gasteiger partial charge in [-0.3, -0.25) is 24.2 Å². The third-order valence-corrected chi connectivity index (χ3v) is 7.86. The molecule has 3 amide bonds. The Morgan fingerprint density at radius 3 is 2.48 bits per heavy atom. The van der Waals surface area contributed by atoms with Crippen LogP contribution < -0.4 is 16.1 Å². The Bertz CT molecular complexity index is 1290. The fourth-order valence-electron chi connectivity index (χ4n) is 4.38. The Hall–Kier alpha value is -3.92. The zero-order chi connectivity index (χ0) is 31.0. The number of aromatic nitrogens is 1. The summed E-state index contributed by atoms with van der Waals surface area (Å²) >= 11 is 0.999. The number of halogens is 3. The van der Waals surface area contributed by atoms with Crippen LogP contribution in [0.2, 0.25) is 0 Å². The van der Waals surface area contributed by atoms with Gasteiger partial charge in [0.15, 0.2) is 0 Å². The average Bonchev–Trinajstić information content (AvgIpc) is 3.35.